The molecule has 6 nitrogen and oxygen atoms in total. The smallest absolute Gasteiger partial charge is 0.320 e. The van der Waals surface area contributed by atoms with E-state index in [9.17, 15) is 4.79 Å². The van der Waals surface area contributed by atoms with Gasteiger partial charge in [0.2, 0.25) is 0 Å². The molecule has 0 bridgehead atoms. The van der Waals surface area contributed by atoms with E-state index in [2.05, 4.69) is 20.2 Å². The summed E-state index contributed by atoms with van der Waals surface area (Å²) in [7, 11) is 1.61. The van der Waals surface area contributed by atoms with Gasteiger partial charge in [0.1, 0.15) is 10.8 Å². The average molecular weight is 264 g/mol. The van der Waals surface area contributed by atoms with Crippen LogP contribution in [0.5, 0.6) is 5.75 Å². The van der Waals surface area contributed by atoms with Crippen molar-refractivity contribution >= 4 is 22.6 Å². The van der Waals surface area contributed by atoms with Crippen molar-refractivity contribution in [3.8, 4) is 5.75 Å². The standard InChI is InChI=1S/C11H12N4O2S/c1-17-9-4-2-3-8(5-9)6-12-11(16)14-10-7-13-15-18-10/h2-5,7H,6H2,1H3,(H2,12,14,16). The molecule has 0 aliphatic rings. The number of amides is 2. The second kappa shape index (κ2) is 5.97. The summed E-state index contributed by atoms with van der Waals surface area (Å²) in [5, 5.41) is 9.60. The lowest BCUT2D eigenvalue weighted by Crippen LogP contribution is -2.27. The predicted molar refractivity (Wildman–Crippen MR) is 68.8 cm³/mol. The molecule has 0 saturated heterocycles. The van der Waals surface area contributed by atoms with Crippen LogP contribution in [0.2, 0.25) is 0 Å². The summed E-state index contributed by atoms with van der Waals surface area (Å²) in [5.41, 5.74) is 0.965. The number of urea groups is 1. The third-order valence-electron chi connectivity index (χ3n) is 2.19. The molecular weight excluding hydrogens is 252 g/mol. The van der Waals surface area contributed by atoms with Gasteiger partial charge in [0.25, 0.3) is 0 Å². The van der Waals surface area contributed by atoms with Gasteiger partial charge in [-0.3, -0.25) is 5.32 Å². The fourth-order valence-corrected chi connectivity index (χ4v) is 1.76. The van der Waals surface area contributed by atoms with Gasteiger partial charge in [-0.05, 0) is 17.7 Å². The highest BCUT2D eigenvalue weighted by Gasteiger charge is 2.03. The summed E-state index contributed by atoms with van der Waals surface area (Å²) in [6.07, 6.45) is 1.50. The normalized spacial score (nSPS) is 9.83. The molecule has 1 aromatic carbocycles. The highest BCUT2D eigenvalue weighted by molar-refractivity contribution is 7.10. The quantitative estimate of drug-likeness (QED) is 0.883. The van der Waals surface area contributed by atoms with Crippen LogP contribution < -0.4 is 15.4 Å². The van der Waals surface area contributed by atoms with Crippen LogP contribution in [0.15, 0.2) is 30.5 Å². The maximum Gasteiger partial charge on any atom is 0.320 e. The Bertz CT molecular complexity index is 516. The minimum Gasteiger partial charge on any atom is -0.497 e. The molecule has 7 heteroatoms. The highest BCUT2D eigenvalue weighted by atomic mass is 32.1. The van der Waals surface area contributed by atoms with Gasteiger partial charge >= 0.3 is 6.03 Å². The van der Waals surface area contributed by atoms with E-state index < -0.39 is 0 Å². The van der Waals surface area contributed by atoms with Gasteiger partial charge < -0.3 is 10.1 Å². The Labute approximate surface area is 108 Å². The summed E-state index contributed by atoms with van der Waals surface area (Å²) >= 11 is 1.13. The summed E-state index contributed by atoms with van der Waals surface area (Å²) in [6.45, 7) is 0.426. The first kappa shape index (κ1) is 12.3. The zero-order chi connectivity index (χ0) is 12.8. The first-order valence-corrected chi connectivity index (χ1v) is 6.00. The Balaban J connectivity index is 1.85. The van der Waals surface area contributed by atoms with Crippen molar-refractivity contribution in [3.63, 3.8) is 0 Å². The molecule has 0 radical (unpaired) electrons. The number of carbonyl (C=O) groups is 1. The molecule has 2 rings (SSSR count). The minimum atomic E-state index is -0.288. The Morgan fingerprint density at radius 2 is 2.39 bits per heavy atom. The molecule has 0 aliphatic carbocycles. The topological polar surface area (TPSA) is 76.1 Å². The van der Waals surface area contributed by atoms with E-state index in [4.69, 9.17) is 4.74 Å². The molecule has 0 unspecified atom stereocenters. The molecule has 0 atom stereocenters. The van der Waals surface area contributed by atoms with Gasteiger partial charge in [0.05, 0.1) is 13.3 Å². The first-order chi connectivity index (χ1) is 8.78. The van der Waals surface area contributed by atoms with Crippen LogP contribution in [-0.2, 0) is 6.54 Å². The van der Waals surface area contributed by atoms with Crippen LogP contribution in [0.25, 0.3) is 0 Å². The van der Waals surface area contributed by atoms with Crippen molar-refractivity contribution < 1.29 is 9.53 Å². The van der Waals surface area contributed by atoms with Crippen LogP contribution in [-0.4, -0.2) is 22.7 Å². The lowest BCUT2D eigenvalue weighted by atomic mass is 10.2. The molecule has 94 valence electrons. The Hall–Kier alpha value is -2.15. The van der Waals surface area contributed by atoms with E-state index in [1.165, 1.54) is 6.20 Å². The molecule has 18 heavy (non-hydrogen) atoms. The largest absolute Gasteiger partial charge is 0.497 e. The monoisotopic (exact) mass is 264 g/mol. The minimum absolute atomic E-state index is 0.288. The van der Waals surface area contributed by atoms with Crippen LogP contribution in [0.1, 0.15) is 5.56 Å². The zero-order valence-electron chi connectivity index (χ0n) is 9.71. The van der Waals surface area contributed by atoms with Crippen LogP contribution in [0.4, 0.5) is 9.80 Å². The molecule has 0 fully saturated rings. The molecule has 0 spiro atoms. The predicted octanol–water partition coefficient (Wildman–Crippen LogP) is 1.87. The van der Waals surface area contributed by atoms with Gasteiger partial charge in [-0.15, -0.1) is 5.10 Å². The number of carbonyl (C=O) groups excluding carboxylic acids is 1. The van der Waals surface area contributed by atoms with E-state index in [1.54, 1.807) is 7.11 Å². The van der Waals surface area contributed by atoms with Gasteiger partial charge in [-0.1, -0.05) is 16.6 Å². The Morgan fingerprint density at radius 3 is 3.11 bits per heavy atom. The van der Waals surface area contributed by atoms with E-state index in [1.807, 2.05) is 24.3 Å². The molecule has 0 aliphatic heterocycles. The first-order valence-electron chi connectivity index (χ1n) is 5.23. The SMILES string of the molecule is COc1cccc(CNC(=O)Nc2cnns2)c1. The van der Waals surface area contributed by atoms with Gasteiger partial charge in [-0.25, -0.2) is 4.79 Å². The number of aromatic nitrogens is 2. The summed E-state index contributed by atoms with van der Waals surface area (Å²) in [5.74, 6) is 0.765. The number of benzene rings is 1. The van der Waals surface area contributed by atoms with Gasteiger partial charge in [-0.2, -0.15) is 0 Å². The number of nitrogens with one attached hydrogen (secondary N) is 2. The molecule has 1 heterocycles. The third-order valence-corrected chi connectivity index (χ3v) is 2.77. The number of methoxy groups -OCH3 is 1. The Kier molecular flexibility index (Phi) is 4.08. The number of anilines is 1. The summed E-state index contributed by atoms with van der Waals surface area (Å²) < 4.78 is 8.75. The summed E-state index contributed by atoms with van der Waals surface area (Å²) in [6, 6.07) is 7.22. The maximum atomic E-state index is 11.5. The number of hydrogen-bond acceptors (Lipinski definition) is 5. The average Bonchev–Trinajstić information content (AvgIpc) is 2.89. The van der Waals surface area contributed by atoms with Gasteiger partial charge in [0, 0.05) is 18.1 Å². The van der Waals surface area contributed by atoms with Crippen LogP contribution >= 0.6 is 11.5 Å². The fourth-order valence-electron chi connectivity index (χ4n) is 1.34. The number of rotatable bonds is 4. The van der Waals surface area contributed by atoms with Crippen molar-refractivity contribution in [1.29, 1.82) is 0 Å². The Morgan fingerprint density at radius 1 is 1.50 bits per heavy atom. The van der Waals surface area contributed by atoms with Crippen molar-refractivity contribution in [2.45, 2.75) is 6.54 Å². The second-order valence-electron chi connectivity index (χ2n) is 3.44. The molecular formula is C11H12N4O2S. The molecule has 0 saturated carbocycles. The molecule has 2 amide bonds. The van der Waals surface area contributed by atoms with Crippen molar-refractivity contribution in [2.24, 2.45) is 0 Å². The lowest BCUT2D eigenvalue weighted by molar-refractivity contribution is 0.252. The maximum absolute atomic E-state index is 11.5. The third kappa shape index (κ3) is 3.42. The van der Waals surface area contributed by atoms with E-state index in [-0.39, 0.29) is 6.03 Å². The zero-order valence-corrected chi connectivity index (χ0v) is 10.5. The van der Waals surface area contributed by atoms with E-state index in [0.29, 0.717) is 11.5 Å². The summed E-state index contributed by atoms with van der Waals surface area (Å²) in [4.78, 5) is 11.5. The van der Waals surface area contributed by atoms with E-state index in [0.717, 1.165) is 22.8 Å². The second-order valence-corrected chi connectivity index (χ2v) is 4.23. The number of nitrogens with zero attached hydrogens (tertiary/aromatic N) is 2. The molecule has 2 N–H and O–H groups in total. The lowest BCUT2D eigenvalue weighted by Gasteiger charge is -2.06. The number of ether oxygens (including phenoxy) is 1. The van der Waals surface area contributed by atoms with Crippen molar-refractivity contribution in [1.82, 2.24) is 14.9 Å². The van der Waals surface area contributed by atoms with Crippen LogP contribution in [0, 0.1) is 0 Å². The van der Waals surface area contributed by atoms with E-state index >= 15 is 0 Å². The fraction of sp³-hybridized carbons (Fsp3) is 0.182. The van der Waals surface area contributed by atoms with Crippen molar-refractivity contribution in [3.05, 3.63) is 36.0 Å². The molecule has 1 aromatic heterocycles. The van der Waals surface area contributed by atoms with Gasteiger partial charge in [0.15, 0.2) is 0 Å². The highest BCUT2D eigenvalue weighted by Crippen LogP contribution is 2.12. The molecule has 2 aromatic rings. The number of hydrogen-bond donors (Lipinski definition) is 2. The van der Waals surface area contributed by atoms with Crippen molar-refractivity contribution in [2.75, 3.05) is 12.4 Å². The van der Waals surface area contributed by atoms with Crippen LogP contribution in [0.3, 0.4) is 0 Å².